The predicted molar refractivity (Wildman–Crippen MR) is 59.4 cm³/mol. The van der Waals surface area contributed by atoms with Crippen LogP contribution in [0.25, 0.3) is 0 Å². The third kappa shape index (κ3) is 2.48. The maximum absolute atomic E-state index is 10.6. The first-order chi connectivity index (χ1) is 7.70. The van der Waals surface area contributed by atoms with Gasteiger partial charge in [-0.1, -0.05) is 13.3 Å². The topological polar surface area (TPSA) is 75.1 Å². The number of nitrogens with one attached hydrogen (secondary N) is 1. The Morgan fingerprint density at radius 2 is 2.38 bits per heavy atom. The smallest absolute Gasteiger partial charge is 0.356 e. The van der Waals surface area contributed by atoms with E-state index in [0.717, 1.165) is 5.92 Å². The van der Waals surface area contributed by atoms with Gasteiger partial charge in [-0.05, 0) is 18.8 Å². The summed E-state index contributed by atoms with van der Waals surface area (Å²) in [6.07, 6.45) is 6.37. The van der Waals surface area contributed by atoms with Crippen LogP contribution in [-0.4, -0.2) is 27.1 Å². The van der Waals surface area contributed by atoms with Gasteiger partial charge in [0.15, 0.2) is 5.69 Å². The Labute approximate surface area is 93.9 Å². The zero-order chi connectivity index (χ0) is 11.5. The highest BCUT2D eigenvalue weighted by Gasteiger charge is 2.36. The van der Waals surface area contributed by atoms with Gasteiger partial charge in [0, 0.05) is 6.04 Å². The second kappa shape index (κ2) is 4.47. The summed E-state index contributed by atoms with van der Waals surface area (Å²) in [5.41, 5.74) is -0.0218. The minimum atomic E-state index is -1.05. The number of carbonyl (C=O) groups is 1. The number of anilines is 1. The fourth-order valence-electron chi connectivity index (χ4n) is 1.82. The molecule has 0 bridgehead atoms. The van der Waals surface area contributed by atoms with Gasteiger partial charge < -0.3 is 10.4 Å². The van der Waals surface area contributed by atoms with E-state index >= 15 is 0 Å². The molecule has 86 valence electrons. The number of hydrogen-bond donors (Lipinski definition) is 2. The van der Waals surface area contributed by atoms with Gasteiger partial charge in [-0.15, -0.1) is 0 Å². The minimum absolute atomic E-state index is 0.0218. The van der Waals surface area contributed by atoms with Gasteiger partial charge in [-0.2, -0.15) is 0 Å². The molecule has 1 aromatic heterocycles. The Kier molecular flexibility index (Phi) is 3.03. The number of aromatic carboxylic acids is 1. The lowest BCUT2D eigenvalue weighted by atomic mass is 10.2. The monoisotopic (exact) mass is 221 g/mol. The summed E-state index contributed by atoms with van der Waals surface area (Å²) in [5, 5.41) is 11.9. The summed E-state index contributed by atoms with van der Waals surface area (Å²) in [5.74, 6) is 0.355. The lowest BCUT2D eigenvalue weighted by Gasteiger charge is -2.03. The zero-order valence-electron chi connectivity index (χ0n) is 9.18. The van der Waals surface area contributed by atoms with Crippen molar-refractivity contribution in [2.24, 2.45) is 5.92 Å². The van der Waals surface area contributed by atoms with Gasteiger partial charge in [0.25, 0.3) is 0 Å². The van der Waals surface area contributed by atoms with Crippen molar-refractivity contribution >= 4 is 11.8 Å². The van der Waals surface area contributed by atoms with Crippen molar-refractivity contribution in [3.63, 3.8) is 0 Å². The van der Waals surface area contributed by atoms with Crippen molar-refractivity contribution in [3.05, 3.63) is 18.1 Å². The van der Waals surface area contributed by atoms with Gasteiger partial charge in [-0.3, -0.25) is 0 Å². The van der Waals surface area contributed by atoms with E-state index < -0.39 is 5.97 Å². The van der Waals surface area contributed by atoms with Gasteiger partial charge in [0.1, 0.15) is 5.82 Å². The molecule has 2 N–H and O–H groups in total. The summed E-state index contributed by atoms with van der Waals surface area (Å²) in [6, 6.07) is 0.491. The normalized spacial score (nSPS) is 22.8. The standard InChI is InChI=1S/C11H15N3O2/c1-2-3-7-4-8(7)14-10-6-12-9(5-13-10)11(15)16/h5-8H,2-4H2,1H3,(H,13,14)(H,15,16). The van der Waals surface area contributed by atoms with Crippen molar-refractivity contribution in [3.8, 4) is 0 Å². The van der Waals surface area contributed by atoms with Crippen molar-refractivity contribution in [2.75, 3.05) is 5.32 Å². The van der Waals surface area contributed by atoms with Crippen LogP contribution in [0.1, 0.15) is 36.7 Å². The number of carboxylic acids is 1. The molecule has 1 aliphatic rings. The zero-order valence-corrected chi connectivity index (χ0v) is 9.18. The maximum Gasteiger partial charge on any atom is 0.356 e. The van der Waals surface area contributed by atoms with E-state index in [1.165, 1.54) is 31.7 Å². The predicted octanol–water partition coefficient (Wildman–Crippen LogP) is 1.78. The van der Waals surface area contributed by atoms with Crippen LogP contribution < -0.4 is 5.32 Å². The third-order valence-corrected chi connectivity index (χ3v) is 2.79. The van der Waals surface area contributed by atoms with Gasteiger partial charge in [-0.25, -0.2) is 14.8 Å². The van der Waals surface area contributed by atoms with Gasteiger partial charge in [0.05, 0.1) is 12.4 Å². The van der Waals surface area contributed by atoms with Gasteiger partial charge >= 0.3 is 5.97 Å². The second-order valence-corrected chi connectivity index (χ2v) is 4.13. The highest BCUT2D eigenvalue weighted by molar-refractivity contribution is 5.84. The molecule has 0 radical (unpaired) electrons. The molecule has 1 heterocycles. The Bertz CT molecular complexity index is 377. The van der Waals surface area contributed by atoms with Crippen LogP contribution in [0.3, 0.4) is 0 Å². The average molecular weight is 221 g/mol. The molecule has 5 heteroatoms. The molecule has 1 saturated carbocycles. The Balaban J connectivity index is 1.89. The molecule has 5 nitrogen and oxygen atoms in total. The van der Waals surface area contributed by atoms with E-state index in [1.54, 1.807) is 0 Å². The molecule has 0 spiro atoms. The van der Waals surface area contributed by atoms with E-state index in [2.05, 4.69) is 22.2 Å². The molecule has 0 aromatic carbocycles. The van der Waals surface area contributed by atoms with E-state index in [1.807, 2.05) is 0 Å². The Hall–Kier alpha value is -1.65. The summed E-state index contributed by atoms with van der Waals surface area (Å²) >= 11 is 0. The highest BCUT2D eigenvalue weighted by atomic mass is 16.4. The molecule has 0 amide bonds. The molecule has 0 saturated heterocycles. The molecular formula is C11H15N3O2. The summed E-state index contributed by atoms with van der Waals surface area (Å²) in [4.78, 5) is 18.4. The molecule has 2 atom stereocenters. The van der Waals surface area contributed by atoms with Crippen LogP contribution in [0.15, 0.2) is 12.4 Å². The quantitative estimate of drug-likeness (QED) is 0.792. The minimum Gasteiger partial charge on any atom is -0.476 e. The lowest BCUT2D eigenvalue weighted by molar-refractivity contribution is 0.0690. The number of rotatable bonds is 5. The van der Waals surface area contributed by atoms with Gasteiger partial charge in [0.2, 0.25) is 0 Å². The van der Waals surface area contributed by atoms with E-state index in [9.17, 15) is 4.79 Å². The van der Waals surface area contributed by atoms with Crippen LogP contribution in [0, 0.1) is 5.92 Å². The van der Waals surface area contributed by atoms with Crippen LogP contribution in [0.5, 0.6) is 0 Å². The Morgan fingerprint density at radius 1 is 1.56 bits per heavy atom. The molecule has 2 unspecified atom stereocenters. The third-order valence-electron chi connectivity index (χ3n) is 2.79. The first-order valence-corrected chi connectivity index (χ1v) is 5.52. The highest BCUT2D eigenvalue weighted by Crippen LogP contribution is 2.36. The van der Waals surface area contributed by atoms with Crippen molar-refractivity contribution in [2.45, 2.75) is 32.2 Å². The number of aromatic nitrogens is 2. The summed E-state index contributed by atoms with van der Waals surface area (Å²) in [7, 11) is 0. The molecule has 0 aliphatic heterocycles. The summed E-state index contributed by atoms with van der Waals surface area (Å²) < 4.78 is 0. The van der Waals surface area contributed by atoms with E-state index in [0.29, 0.717) is 11.9 Å². The molecule has 1 aromatic rings. The second-order valence-electron chi connectivity index (χ2n) is 4.13. The van der Waals surface area contributed by atoms with Crippen LogP contribution in [-0.2, 0) is 0 Å². The van der Waals surface area contributed by atoms with Crippen LogP contribution >= 0.6 is 0 Å². The molecular weight excluding hydrogens is 206 g/mol. The first-order valence-electron chi connectivity index (χ1n) is 5.52. The number of carboxylic acid groups (broad SMARTS) is 1. The lowest BCUT2D eigenvalue weighted by Crippen LogP contribution is -2.08. The fourth-order valence-corrected chi connectivity index (χ4v) is 1.82. The van der Waals surface area contributed by atoms with Crippen LogP contribution in [0.2, 0.25) is 0 Å². The SMILES string of the molecule is CCCC1CC1Nc1cnc(C(=O)O)cn1. The van der Waals surface area contributed by atoms with Crippen molar-refractivity contribution in [1.29, 1.82) is 0 Å². The van der Waals surface area contributed by atoms with Crippen molar-refractivity contribution < 1.29 is 9.90 Å². The molecule has 16 heavy (non-hydrogen) atoms. The summed E-state index contributed by atoms with van der Waals surface area (Å²) in [6.45, 7) is 2.18. The fraction of sp³-hybridized carbons (Fsp3) is 0.545. The molecule has 2 rings (SSSR count). The Morgan fingerprint density at radius 3 is 2.94 bits per heavy atom. The number of nitrogens with zero attached hydrogens (tertiary/aromatic N) is 2. The average Bonchev–Trinajstić information content (AvgIpc) is 2.98. The number of hydrogen-bond acceptors (Lipinski definition) is 4. The molecule has 1 aliphatic carbocycles. The molecule has 1 fully saturated rings. The van der Waals surface area contributed by atoms with E-state index in [4.69, 9.17) is 5.11 Å². The first kappa shape index (κ1) is 10.9. The van der Waals surface area contributed by atoms with E-state index in [-0.39, 0.29) is 5.69 Å². The van der Waals surface area contributed by atoms with Crippen molar-refractivity contribution in [1.82, 2.24) is 9.97 Å². The largest absolute Gasteiger partial charge is 0.476 e. The van der Waals surface area contributed by atoms with Crippen LogP contribution in [0.4, 0.5) is 5.82 Å². The maximum atomic E-state index is 10.6.